The van der Waals surface area contributed by atoms with Crippen LogP contribution in [0.3, 0.4) is 0 Å². The van der Waals surface area contributed by atoms with Crippen LogP contribution in [-0.2, 0) is 13.6 Å². The normalized spacial score (nSPS) is 17.9. The molecule has 0 saturated carbocycles. The van der Waals surface area contributed by atoms with Crippen LogP contribution in [0.1, 0.15) is 39.7 Å². The minimum Gasteiger partial charge on any atom is -0.365 e. The van der Waals surface area contributed by atoms with E-state index in [2.05, 4.69) is 45.7 Å². The van der Waals surface area contributed by atoms with Gasteiger partial charge in [-0.05, 0) is 42.0 Å². The Morgan fingerprint density at radius 3 is 2.89 bits per heavy atom. The molecule has 6 heteroatoms. The van der Waals surface area contributed by atoms with E-state index in [1.54, 1.807) is 10.9 Å². The molecule has 1 atom stereocenters. The van der Waals surface area contributed by atoms with Crippen LogP contribution >= 0.6 is 11.3 Å². The molecule has 3 heterocycles. The predicted molar refractivity (Wildman–Crippen MR) is 109 cm³/mol. The second kappa shape index (κ2) is 7.66. The average molecular weight is 381 g/mol. The Bertz CT molecular complexity index is 931. The zero-order valence-electron chi connectivity index (χ0n) is 15.5. The summed E-state index contributed by atoms with van der Waals surface area (Å²) in [5.74, 6) is -0.128. The molecular formula is C21H24N4OS. The van der Waals surface area contributed by atoms with Crippen molar-refractivity contribution < 1.29 is 4.79 Å². The smallest absolute Gasteiger partial charge is 0.252 e. The molecule has 0 radical (unpaired) electrons. The van der Waals surface area contributed by atoms with E-state index < -0.39 is 0 Å². The summed E-state index contributed by atoms with van der Waals surface area (Å²) in [6.07, 6.45) is 3.89. The number of hydrogen-bond donors (Lipinski definition) is 1. The molecule has 0 bridgehead atoms. The highest BCUT2D eigenvalue weighted by atomic mass is 32.1. The summed E-state index contributed by atoms with van der Waals surface area (Å²) < 4.78 is 1.69. The largest absolute Gasteiger partial charge is 0.365 e. The van der Waals surface area contributed by atoms with E-state index >= 15 is 0 Å². The first-order valence-corrected chi connectivity index (χ1v) is 10.2. The molecule has 0 aliphatic carbocycles. The number of aryl methyl sites for hydroxylation is 1. The predicted octanol–water partition coefficient (Wildman–Crippen LogP) is 3.63. The number of piperidine rings is 1. The van der Waals surface area contributed by atoms with E-state index in [0.717, 1.165) is 38.2 Å². The van der Waals surface area contributed by atoms with Gasteiger partial charge in [0.25, 0.3) is 5.91 Å². The Labute approximate surface area is 163 Å². The highest BCUT2D eigenvalue weighted by Crippen LogP contribution is 2.31. The van der Waals surface area contributed by atoms with Gasteiger partial charge in [-0.3, -0.25) is 14.4 Å². The standard InChI is InChI=1S/C21H24N4OS/c1-24-13-19(21(22)26)20(23-24)16-8-5-9-25(11-16)12-18-10-17(14-27-18)15-6-3-2-4-7-15/h2-4,6-7,10,13-14,16H,5,8-9,11-12H2,1H3,(H2,22,26). The van der Waals surface area contributed by atoms with E-state index in [1.165, 1.54) is 16.0 Å². The molecule has 1 aliphatic heterocycles. The first-order chi connectivity index (χ1) is 13.1. The van der Waals surface area contributed by atoms with Crippen molar-refractivity contribution in [1.82, 2.24) is 14.7 Å². The number of benzene rings is 1. The number of primary amides is 1. The van der Waals surface area contributed by atoms with Crippen LogP contribution in [-0.4, -0.2) is 33.7 Å². The van der Waals surface area contributed by atoms with Crippen molar-refractivity contribution in [3.05, 3.63) is 64.1 Å². The van der Waals surface area contributed by atoms with E-state index in [4.69, 9.17) is 5.73 Å². The van der Waals surface area contributed by atoms with Crippen molar-refractivity contribution >= 4 is 17.2 Å². The Kier molecular flexibility index (Phi) is 5.09. The lowest BCUT2D eigenvalue weighted by Crippen LogP contribution is -2.34. The van der Waals surface area contributed by atoms with Crippen LogP contribution in [0.15, 0.2) is 48.0 Å². The molecule has 1 aromatic carbocycles. The van der Waals surface area contributed by atoms with Crippen molar-refractivity contribution in [3.63, 3.8) is 0 Å². The molecule has 27 heavy (non-hydrogen) atoms. The van der Waals surface area contributed by atoms with Gasteiger partial charge in [-0.25, -0.2) is 0 Å². The van der Waals surface area contributed by atoms with Gasteiger partial charge in [0.05, 0.1) is 11.3 Å². The minimum atomic E-state index is -0.388. The molecule has 4 rings (SSSR count). The number of thiophene rings is 1. The minimum absolute atomic E-state index is 0.260. The number of aromatic nitrogens is 2. The fraction of sp³-hybridized carbons (Fsp3) is 0.333. The Morgan fingerprint density at radius 2 is 2.11 bits per heavy atom. The molecule has 3 aromatic rings. The van der Waals surface area contributed by atoms with Gasteiger partial charge in [0.1, 0.15) is 0 Å². The maximum absolute atomic E-state index is 11.7. The summed E-state index contributed by atoms with van der Waals surface area (Å²) in [7, 11) is 1.84. The third-order valence-electron chi connectivity index (χ3n) is 5.16. The van der Waals surface area contributed by atoms with Gasteiger partial charge in [-0.15, -0.1) is 11.3 Å². The average Bonchev–Trinajstić information content (AvgIpc) is 3.29. The number of carbonyl (C=O) groups is 1. The number of amides is 1. The topological polar surface area (TPSA) is 64.2 Å². The molecule has 1 amide bonds. The summed E-state index contributed by atoms with van der Waals surface area (Å²) in [4.78, 5) is 15.6. The third-order valence-corrected chi connectivity index (χ3v) is 6.08. The molecule has 0 spiro atoms. The van der Waals surface area contributed by atoms with E-state index in [-0.39, 0.29) is 11.8 Å². The van der Waals surface area contributed by atoms with Gasteiger partial charge in [0, 0.05) is 37.1 Å². The zero-order valence-corrected chi connectivity index (χ0v) is 16.3. The first kappa shape index (κ1) is 17.9. The number of rotatable bonds is 5. The molecule has 2 aromatic heterocycles. The van der Waals surface area contributed by atoms with Crippen LogP contribution in [0, 0.1) is 0 Å². The summed E-state index contributed by atoms with van der Waals surface area (Å²) >= 11 is 1.81. The van der Waals surface area contributed by atoms with Crippen molar-refractivity contribution in [2.24, 2.45) is 12.8 Å². The van der Waals surface area contributed by atoms with Crippen molar-refractivity contribution in [1.29, 1.82) is 0 Å². The van der Waals surface area contributed by atoms with E-state index in [1.807, 2.05) is 24.5 Å². The second-order valence-corrected chi connectivity index (χ2v) is 8.20. The maximum Gasteiger partial charge on any atom is 0.252 e. The summed E-state index contributed by atoms with van der Waals surface area (Å²) in [5.41, 5.74) is 9.50. The van der Waals surface area contributed by atoms with Crippen molar-refractivity contribution in [2.75, 3.05) is 13.1 Å². The van der Waals surface area contributed by atoms with Crippen LogP contribution in [0.25, 0.3) is 11.1 Å². The highest BCUT2D eigenvalue weighted by Gasteiger charge is 2.27. The molecule has 140 valence electrons. The van der Waals surface area contributed by atoms with Gasteiger partial charge in [0.15, 0.2) is 0 Å². The zero-order chi connectivity index (χ0) is 18.8. The lowest BCUT2D eigenvalue weighted by atomic mass is 9.92. The van der Waals surface area contributed by atoms with Gasteiger partial charge in [0.2, 0.25) is 0 Å². The van der Waals surface area contributed by atoms with Gasteiger partial charge >= 0.3 is 0 Å². The van der Waals surface area contributed by atoms with E-state index in [0.29, 0.717) is 5.56 Å². The van der Waals surface area contributed by atoms with Gasteiger partial charge in [-0.2, -0.15) is 5.10 Å². The Morgan fingerprint density at radius 1 is 1.30 bits per heavy atom. The number of likely N-dealkylation sites (tertiary alicyclic amines) is 1. The van der Waals surface area contributed by atoms with Crippen molar-refractivity contribution in [3.8, 4) is 11.1 Å². The summed E-state index contributed by atoms with van der Waals surface area (Å²) in [6, 6.07) is 12.8. The number of hydrogen-bond acceptors (Lipinski definition) is 4. The Balaban J connectivity index is 1.47. The molecule has 1 fully saturated rings. The second-order valence-electron chi connectivity index (χ2n) is 7.21. The van der Waals surface area contributed by atoms with Crippen LogP contribution in [0.4, 0.5) is 0 Å². The molecular weight excluding hydrogens is 356 g/mol. The molecule has 2 N–H and O–H groups in total. The number of nitrogens with zero attached hydrogens (tertiary/aromatic N) is 3. The van der Waals surface area contributed by atoms with Crippen LogP contribution in [0.5, 0.6) is 0 Å². The third kappa shape index (κ3) is 3.96. The van der Waals surface area contributed by atoms with Gasteiger partial charge in [-0.1, -0.05) is 30.3 Å². The van der Waals surface area contributed by atoms with Gasteiger partial charge < -0.3 is 5.73 Å². The quantitative estimate of drug-likeness (QED) is 0.735. The van der Waals surface area contributed by atoms with Crippen LogP contribution in [0.2, 0.25) is 0 Å². The number of nitrogens with two attached hydrogens (primary N) is 1. The summed E-state index contributed by atoms with van der Waals surface area (Å²) in [6.45, 7) is 2.93. The lowest BCUT2D eigenvalue weighted by molar-refractivity contribution is 0.0997. The maximum atomic E-state index is 11.7. The molecule has 1 aliphatic rings. The lowest BCUT2D eigenvalue weighted by Gasteiger charge is -2.31. The highest BCUT2D eigenvalue weighted by molar-refractivity contribution is 7.10. The molecule has 1 unspecified atom stereocenters. The number of carbonyl (C=O) groups excluding carboxylic acids is 1. The fourth-order valence-electron chi connectivity index (χ4n) is 3.89. The van der Waals surface area contributed by atoms with Crippen molar-refractivity contribution in [2.45, 2.75) is 25.3 Å². The monoisotopic (exact) mass is 380 g/mol. The van der Waals surface area contributed by atoms with Crippen LogP contribution < -0.4 is 5.73 Å². The SMILES string of the molecule is Cn1cc(C(N)=O)c(C2CCCN(Cc3cc(-c4ccccc4)cs3)C2)n1. The van der Waals surface area contributed by atoms with E-state index in [9.17, 15) is 4.79 Å². The summed E-state index contributed by atoms with van der Waals surface area (Å²) in [5, 5.41) is 6.76. The molecule has 5 nitrogen and oxygen atoms in total. The fourth-order valence-corrected chi connectivity index (χ4v) is 4.82. The molecule has 1 saturated heterocycles. The first-order valence-electron chi connectivity index (χ1n) is 9.28. The Hall–Kier alpha value is -2.44.